The van der Waals surface area contributed by atoms with E-state index in [0.29, 0.717) is 30.4 Å². The van der Waals surface area contributed by atoms with Gasteiger partial charge in [-0.1, -0.05) is 30.3 Å². The minimum absolute atomic E-state index is 0.159. The molecule has 0 unspecified atom stereocenters. The minimum Gasteiger partial charge on any atom is -0.476 e. The molecule has 4 aromatic rings. The maximum Gasteiger partial charge on any atom is 0.245 e. The van der Waals surface area contributed by atoms with Gasteiger partial charge in [0.15, 0.2) is 11.2 Å². The van der Waals surface area contributed by atoms with Gasteiger partial charge in [0.05, 0.1) is 6.54 Å². The third kappa shape index (κ3) is 4.72. The zero-order valence-electron chi connectivity index (χ0n) is 20.2. The molecular weight excluding hydrogens is 428 g/mol. The molecule has 1 aromatic carbocycles. The van der Waals surface area contributed by atoms with Gasteiger partial charge in [-0.2, -0.15) is 4.98 Å². The summed E-state index contributed by atoms with van der Waals surface area (Å²) >= 11 is 0. The molecule has 0 bridgehead atoms. The number of ether oxygens (including phenoxy) is 2. The van der Waals surface area contributed by atoms with Crippen LogP contribution in [0.25, 0.3) is 22.6 Å². The lowest BCUT2D eigenvalue weighted by Crippen LogP contribution is -2.19. The third-order valence-corrected chi connectivity index (χ3v) is 6.09. The van der Waals surface area contributed by atoms with Crippen molar-refractivity contribution < 1.29 is 9.47 Å². The number of hydrogen-bond donors (Lipinski definition) is 0. The highest BCUT2D eigenvalue weighted by atomic mass is 16.5. The maximum atomic E-state index is 6.23. The zero-order valence-corrected chi connectivity index (χ0v) is 20.2. The summed E-state index contributed by atoms with van der Waals surface area (Å²) in [6, 6.07) is 12.3. The van der Waals surface area contributed by atoms with E-state index in [1.165, 1.54) is 0 Å². The van der Waals surface area contributed by atoms with Crippen molar-refractivity contribution in [2.45, 2.75) is 38.8 Å². The molecule has 8 nitrogen and oxygen atoms in total. The molecule has 8 heteroatoms. The first-order valence-corrected chi connectivity index (χ1v) is 11.6. The Hall–Kier alpha value is -3.52. The number of likely N-dealkylation sites (N-methyl/N-ethyl adjacent to an activating group) is 1. The monoisotopic (exact) mass is 458 g/mol. The van der Waals surface area contributed by atoms with Crippen LogP contribution in [0.3, 0.4) is 0 Å². The standard InChI is InChI=1S/C26H30N6O2/c1-18-14-21(33-13-12-31(3)4)27-15-20(18)23-30-22-24(32(23)16-19-8-6-5-7-9-19)28-17-29-25(22)34-26(2)10-11-26/h5-9,14-15,17H,10-13,16H2,1-4H3. The third-order valence-electron chi connectivity index (χ3n) is 6.09. The van der Waals surface area contributed by atoms with Gasteiger partial charge in [0, 0.05) is 24.4 Å². The fourth-order valence-corrected chi connectivity index (χ4v) is 3.80. The Kier molecular flexibility index (Phi) is 5.91. The molecule has 5 rings (SSSR count). The van der Waals surface area contributed by atoms with Gasteiger partial charge in [0.25, 0.3) is 0 Å². The molecule has 176 valence electrons. The predicted molar refractivity (Wildman–Crippen MR) is 131 cm³/mol. The minimum atomic E-state index is -0.159. The molecule has 0 aliphatic heterocycles. The molecule has 0 atom stereocenters. The first-order chi connectivity index (χ1) is 16.4. The van der Waals surface area contributed by atoms with Crippen LogP contribution in [-0.2, 0) is 6.54 Å². The Bertz CT molecular complexity index is 1300. The van der Waals surface area contributed by atoms with E-state index in [-0.39, 0.29) is 5.60 Å². The van der Waals surface area contributed by atoms with E-state index in [0.717, 1.165) is 47.5 Å². The fraction of sp³-hybridized carbons (Fsp3) is 0.385. The van der Waals surface area contributed by atoms with E-state index in [1.54, 1.807) is 6.33 Å². The lowest BCUT2D eigenvalue weighted by molar-refractivity contribution is 0.194. The van der Waals surface area contributed by atoms with Crippen LogP contribution in [0.4, 0.5) is 0 Å². The Labute approximate surface area is 199 Å². The van der Waals surface area contributed by atoms with Crippen molar-refractivity contribution in [3.8, 4) is 23.1 Å². The summed E-state index contributed by atoms with van der Waals surface area (Å²) in [5, 5.41) is 0. The second-order valence-electron chi connectivity index (χ2n) is 9.40. The van der Waals surface area contributed by atoms with Gasteiger partial charge < -0.3 is 18.9 Å². The predicted octanol–water partition coefficient (Wildman–Crippen LogP) is 4.12. The van der Waals surface area contributed by atoms with Crippen molar-refractivity contribution in [1.82, 2.24) is 29.4 Å². The normalized spacial score (nSPS) is 14.5. The molecule has 0 amide bonds. The Morgan fingerprint density at radius 3 is 2.59 bits per heavy atom. The number of rotatable bonds is 9. The number of aryl methyl sites for hydroxylation is 1. The number of hydrogen-bond acceptors (Lipinski definition) is 7. The van der Waals surface area contributed by atoms with Crippen LogP contribution in [0.1, 0.15) is 30.9 Å². The Morgan fingerprint density at radius 1 is 1.09 bits per heavy atom. The van der Waals surface area contributed by atoms with Crippen molar-refractivity contribution in [1.29, 1.82) is 0 Å². The van der Waals surface area contributed by atoms with E-state index >= 15 is 0 Å². The molecule has 1 aliphatic rings. The van der Waals surface area contributed by atoms with Crippen molar-refractivity contribution in [3.63, 3.8) is 0 Å². The average molecular weight is 459 g/mol. The highest BCUT2D eigenvalue weighted by molar-refractivity contribution is 5.82. The first kappa shape index (κ1) is 22.3. The van der Waals surface area contributed by atoms with E-state index in [2.05, 4.69) is 50.4 Å². The Balaban J connectivity index is 1.56. The van der Waals surface area contributed by atoms with Crippen LogP contribution < -0.4 is 9.47 Å². The number of nitrogens with zero attached hydrogens (tertiary/aromatic N) is 6. The van der Waals surface area contributed by atoms with Crippen molar-refractivity contribution in [2.75, 3.05) is 27.2 Å². The zero-order chi connectivity index (χ0) is 23.7. The van der Waals surface area contributed by atoms with Crippen LogP contribution in [-0.4, -0.2) is 62.3 Å². The van der Waals surface area contributed by atoms with E-state index in [9.17, 15) is 0 Å². The molecule has 1 fully saturated rings. The lowest BCUT2D eigenvalue weighted by atomic mass is 10.1. The second-order valence-corrected chi connectivity index (χ2v) is 9.40. The molecule has 0 saturated heterocycles. The van der Waals surface area contributed by atoms with Crippen molar-refractivity contribution >= 4 is 11.2 Å². The van der Waals surface area contributed by atoms with E-state index < -0.39 is 0 Å². The summed E-state index contributed by atoms with van der Waals surface area (Å²) in [5.41, 5.74) is 4.38. The SMILES string of the molecule is Cc1cc(OCCN(C)C)ncc1-c1nc2c(OC3(C)CC3)ncnc2n1Cc1ccccc1. The van der Waals surface area contributed by atoms with E-state index in [4.69, 9.17) is 14.5 Å². The summed E-state index contributed by atoms with van der Waals surface area (Å²) in [6.07, 6.45) is 5.44. The molecule has 0 radical (unpaired) electrons. The van der Waals surface area contributed by atoms with Gasteiger partial charge in [0.1, 0.15) is 24.4 Å². The average Bonchev–Trinajstić information content (AvgIpc) is 3.43. The van der Waals surface area contributed by atoms with Crippen LogP contribution in [0.15, 0.2) is 48.9 Å². The van der Waals surface area contributed by atoms with Gasteiger partial charge >= 0.3 is 0 Å². The van der Waals surface area contributed by atoms with Gasteiger partial charge in [-0.15, -0.1) is 0 Å². The molecule has 0 spiro atoms. The van der Waals surface area contributed by atoms with Crippen molar-refractivity contribution in [3.05, 3.63) is 60.0 Å². The van der Waals surface area contributed by atoms with Gasteiger partial charge in [-0.05, 0) is 51.9 Å². The molecule has 3 aromatic heterocycles. The van der Waals surface area contributed by atoms with Crippen LogP contribution in [0.5, 0.6) is 11.8 Å². The molecule has 1 aliphatic carbocycles. The van der Waals surface area contributed by atoms with Gasteiger partial charge in [-0.3, -0.25) is 0 Å². The number of aromatic nitrogens is 5. The summed E-state index contributed by atoms with van der Waals surface area (Å²) in [4.78, 5) is 20.7. The quantitative estimate of drug-likeness (QED) is 0.373. The molecule has 1 saturated carbocycles. The topological polar surface area (TPSA) is 78.2 Å². The molecule has 3 heterocycles. The second kappa shape index (κ2) is 9.02. The van der Waals surface area contributed by atoms with Crippen LogP contribution in [0.2, 0.25) is 0 Å². The van der Waals surface area contributed by atoms with Crippen LogP contribution in [0, 0.1) is 6.92 Å². The number of benzene rings is 1. The number of fused-ring (bicyclic) bond motifs is 1. The van der Waals surface area contributed by atoms with E-state index in [1.807, 2.05) is 44.6 Å². The molecule has 34 heavy (non-hydrogen) atoms. The fourth-order valence-electron chi connectivity index (χ4n) is 3.80. The highest BCUT2D eigenvalue weighted by Crippen LogP contribution is 2.41. The molecule has 0 N–H and O–H groups in total. The summed E-state index contributed by atoms with van der Waals surface area (Å²) in [7, 11) is 4.04. The maximum absolute atomic E-state index is 6.23. The van der Waals surface area contributed by atoms with Gasteiger partial charge in [-0.25, -0.2) is 15.0 Å². The highest BCUT2D eigenvalue weighted by Gasteiger charge is 2.41. The first-order valence-electron chi connectivity index (χ1n) is 11.6. The lowest BCUT2D eigenvalue weighted by Gasteiger charge is -2.13. The summed E-state index contributed by atoms with van der Waals surface area (Å²) in [6.45, 7) is 6.19. The number of imidazole rings is 1. The Morgan fingerprint density at radius 2 is 1.88 bits per heavy atom. The summed E-state index contributed by atoms with van der Waals surface area (Å²) < 4.78 is 14.2. The van der Waals surface area contributed by atoms with Crippen molar-refractivity contribution in [2.24, 2.45) is 0 Å². The smallest absolute Gasteiger partial charge is 0.245 e. The molecular formula is C26H30N6O2. The van der Waals surface area contributed by atoms with Gasteiger partial charge in [0.2, 0.25) is 11.8 Å². The largest absolute Gasteiger partial charge is 0.476 e. The number of pyridine rings is 1. The van der Waals surface area contributed by atoms with Crippen LogP contribution >= 0.6 is 0 Å². The summed E-state index contributed by atoms with van der Waals surface area (Å²) in [5.74, 6) is 1.93.